The van der Waals surface area contributed by atoms with E-state index in [1.165, 1.54) is 23.7 Å². The molecule has 0 saturated heterocycles. The summed E-state index contributed by atoms with van der Waals surface area (Å²) in [5.41, 5.74) is -2.43. The average Bonchev–Trinajstić information content (AvgIpc) is 3.19. The third-order valence-corrected chi connectivity index (χ3v) is 7.82. The lowest BCUT2D eigenvalue weighted by atomic mass is 9.67. The van der Waals surface area contributed by atoms with E-state index in [1.54, 1.807) is 5.32 Å². The van der Waals surface area contributed by atoms with Gasteiger partial charge < -0.3 is 25.3 Å². The van der Waals surface area contributed by atoms with E-state index in [0.717, 1.165) is 12.1 Å². The van der Waals surface area contributed by atoms with Crippen LogP contribution in [0.4, 0.5) is 46.8 Å². The van der Waals surface area contributed by atoms with E-state index in [2.05, 4.69) is 15.6 Å². The van der Waals surface area contributed by atoms with Gasteiger partial charge in [0.1, 0.15) is 24.3 Å². The lowest BCUT2D eigenvalue weighted by molar-refractivity contribution is -0.243. The molecule has 0 aliphatic heterocycles. The number of amides is 2. The van der Waals surface area contributed by atoms with Crippen molar-refractivity contribution in [3.63, 3.8) is 0 Å². The van der Waals surface area contributed by atoms with Gasteiger partial charge in [-0.15, -0.1) is 0 Å². The Balaban J connectivity index is 1.62. The molecule has 1 aliphatic rings. The van der Waals surface area contributed by atoms with E-state index in [9.17, 15) is 44.7 Å². The fraction of sp³-hybridized carbons (Fsp3) is 0.423. The van der Waals surface area contributed by atoms with Crippen molar-refractivity contribution in [1.82, 2.24) is 20.2 Å². The molecule has 0 spiro atoms. The highest BCUT2D eigenvalue weighted by atomic mass is 35.5. The van der Waals surface area contributed by atoms with Crippen molar-refractivity contribution < 1.29 is 49.4 Å². The van der Waals surface area contributed by atoms with Gasteiger partial charge in [-0.25, -0.2) is 13.8 Å². The zero-order valence-electron chi connectivity index (χ0n) is 22.5. The van der Waals surface area contributed by atoms with Gasteiger partial charge in [0, 0.05) is 19.7 Å². The first-order chi connectivity index (χ1) is 20.4. The normalized spacial score (nSPS) is 14.8. The third-order valence-electron chi connectivity index (χ3n) is 7.07. The molecule has 4 rings (SSSR count). The number of imidazole rings is 1. The first-order valence-electron chi connectivity index (χ1n) is 12.8. The second-order valence-electron chi connectivity index (χ2n) is 9.97. The molecule has 1 saturated carbocycles. The number of anilines is 2. The number of benzene rings is 2. The minimum Gasteiger partial charge on any atom is -0.487 e. The summed E-state index contributed by atoms with van der Waals surface area (Å²) in [6, 6.07) is 4.98. The maximum atomic E-state index is 13.5. The van der Waals surface area contributed by atoms with Crippen LogP contribution in [0.25, 0.3) is 11.0 Å². The fourth-order valence-electron chi connectivity index (χ4n) is 4.53. The van der Waals surface area contributed by atoms with E-state index in [-0.39, 0.29) is 64.1 Å². The largest absolute Gasteiger partial charge is 0.487 e. The van der Waals surface area contributed by atoms with Crippen molar-refractivity contribution in [2.45, 2.75) is 44.6 Å². The molecule has 0 bridgehead atoms. The average molecular weight is 676 g/mol. The summed E-state index contributed by atoms with van der Waals surface area (Å²) >= 11 is 12.8. The molecule has 8 nitrogen and oxygen atoms in total. The number of rotatable bonds is 10. The van der Waals surface area contributed by atoms with Crippen molar-refractivity contribution in [3.8, 4) is 5.75 Å². The molecule has 3 N–H and O–H groups in total. The highest BCUT2D eigenvalue weighted by Gasteiger charge is 2.63. The summed E-state index contributed by atoms with van der Waals surface area (Å²) in [6.07, 6.45) is -12.8. The molecule has 18 heteroatoms. The van der Waals surface area contributed by atoms with E-state index in [1.807, 2.05) is 0 Å². The molecule has 1 fully saturated rings. The molecule has 0 unspecified atom stereocenters. The standard InChI is InChI=1S/C26H23Cl2F8N5O3/c1-41-16-8-17(44-10-18(29)30)13(21(42)38-11-25(31,32)33)7-15(16)39-23(41)40-20-14(27)4-3-12(19(20)28)9-37-22(43)24(5-2-6-24)26(34,35)36/h3-4,7-8,18H,2,5-6,9-11H2,1H3,(H,37,43)(H,38,42)(H,39,40). The van der Waals surface area contributed by atoms with Crippen LogP contribution in [-0.2, 0) is 18.4 Å². The minimum atomic E-state index is -4.74. The zero-order chi connectivity index (χ0) is 32.6. The van der Waals surface area contributed by atoms with Crippen molar-refractivity contribution in [3.05, 3.63) is 45.4 Å². The molecular formula is C26H23Cl2F8N5O3. The summed E-state index contributed by atoms with van der Waals surface area (Å²) in [6.45, 7) is -3.18. The lowest BCUT2D eigenvalue weighted by Gasteiger charge is -2.41. The quantitative estimate of drug-likeness (QED) is 0.203. The number of alkyl halides is 8. The van der Waals surface area contributed by atoms with Crippen LogP contribution in [0.1, 0.15) is 35.2 Å². The number of ether oxygens (including phenoxy) is 1. The Bertz CT molecular complexity index is 1570. The Morgan fingerprint density at radius 3 is 2.34 bits per heavy atom. The zero-order valence-corrected chi connectivity index (χ0v) is 24.0. The van der Waals surface area contributed by atoms with Gasteiger partial charge in [0.25, 0.3) is 12.3 Å². The smallest absolute Gasteiger partial charge is 0.405 e. The summed E-state index contributed by atoms with van der Waals surface area (Å²) < 4.78 is 111. The van der Waals surface area contributed by atoms with Crippen LogP contribution >= 0.6 is 23.2 Å². The maximum Gasteiger partial charge on any atom is 0.405 e. The second kappa shape index (κ2) is 12.5. The van der Waals surface area contributed by atoms with Gasteiger partial charge in [0.2, 0.25) is 11.9 Å². The van der Waals surface area contributed by atoms with Crippen LogP contribution in [-0.4, -0.2) is 53.3 Å². The van der Waals surface area contributed by atoms with E-state index < -0.39 is 60.5 Å². The molecule has 240 valence electrons. The van der Waals surface area contributed by atoms with Gasteiger partial charge in [0.15, 0.2) is 0 Å². The van der Waals surface area contributed by atoms with Crippen molar-refractivity contribution in [2.75, 3.05) is 18.5 Å². The molecule has 0 radical (unpaired) electrons. The molecule has 3 aromatic rings. The predicted molar refractivity (Wildman–Crippen MR) is 145 cm³/mol. The van der Waals surface area contributed by atoms with Gasteiger partial charge >= 0.3 is 12.4 Å². The topological polar surface area (TPSA) is 97.3 Å². The molecule has 1 aliphatic carbocycles. The Hall–Kier alpha value is -3.53. The number of fused-ring (bicyclic) bond motifs is 1. The maximum absolute atomic E-state index is 13.5. The number of hydrogen-bond donors (Lipinski definition) is 3. The van der Waals surface area contributed by atoms with E-state index >= 15 is 0 Å². The van der Waals surface area contributed by atoms with Gasteiger partial charge in [-0.3, -0.25) is 9.59 Å². The first kappa shape index (κ1) is 33.4. The summed E-state index contributed by atoms with van der Waals surface area (Å²) in [7, 11) is 1.47. The Morgan fingerprint density at radius 1 is 1.09 bits per heavy atom. The van der Waals surface area contributed by atoms with Crippen LogP contribution in [0.5, 0.6) is 5.75 Å². The molecular weight excluding hydrogens is 653 g/mol. The number of aryl methyl sites for hydroxylation is 1. The molecule has 2 amide bonds. The summed E-state index contributed by atoms with van der Waals surface area (Å²) in [4.78, 5) is 29.3. The Morgan fingerprint density at radius 2 is 1.77 bits per heavy atom. The van der Waals surface area contributed by atoms with Crippen LogP contribution < -0.4 is 20.7 Å². The SMILES string of the molecule is Cn1c(Nc2c(Cl)ccc(CNC(=O)C3(C(F)(F)F)CCC3)c2Cl)nc2cc(C(=O)NCC(F)(F)F)c(OCC(F)F)cc21. The van der Waals surface area contributed by atoms with Gasteiger partial charge in [0.05, 0.1) is 32.3 Å². The van der Waals surface area contributed by atoms with Gasteiger partial charge in [-0.05, 0) is 30.5 Å². The molecule has 0 atom stereocenters. The van der Waals surface area contributed by atoms with Crippen LogP contribution in [0.3, 0.4) is 0 Å². The number of carbonyl (C=O) groups excluding carboxylic acids is 2. The van der Waals surface area contributed by atoms with Crippen LogP contribution in [0, 0.1) is 5.41 Å². The van der Waals surface area contributed by atoms with E-state index in [0.29, 0.717) is 0 Å². The van der Waals surface area contributed by atoms with Crippen molar-refractivity contribution >= 4 is 57.7 Å². The monoisotopic (exact) mass is 675 g/mol. The number of nitrogens with one attached hydrogen (secondary N) is 3. The lowest BCUT2D eigenvalue weighted by Crippen LogP contribution is -2.54. The fourth-order valence-corrected chi connectivity index (χ4v) is 5.06. The highest BCUT2D eigenvalue weighted by Crippen LogP contribution is 2.53. The number of carbonyl (C=O) groups is 2. The number of halogens is 10. The number of aromatic nitrogens is 2. The molecule has 1 heterocycles. The van der Waals surface area contributed by atoms with Crippen molar-refractivity contribution in [2.24, 2.45) is 12.5 Å². The van der Waals surface area contributed by atoms with Crippen LogP contribution in [0.15, 0.2) is 24.3 Å². The van der Waals surface area contributed by atoms with E-state index in [4.69, 9.17) is 27.9 Å². The highest BCUT2D eigenvalue weighted by molar-refractivity contribution is 6.39. The molecule has 1 aromatic heterocycles. The van der Waals surface area contributed by atoms with Gasteiger partial charge in [-0.1, -0.05) is 35.7 Å². The number of nitrogens with zero attached hydrogens (tertiary/aromatic N) is 2. The molecule has 2 aromatic carbocycles. The summed E-state index contributed by atoms with van der Waals surface area (Å²) in [5, 5.41) is 6.78. The number of hydrogen-bond acceptors (Lipinski definition) is 5. The third kappa shape index (κ3) is 6.90. The predicted octanol–water partition coefficient (Wildman–Crippen LogP) is 6.91. The van der Waals surface area contributed by atoms with Gasteiger partial charge in [-0.2, -0.15) is 26.3 Å². The molecule has 44 heavy (non-hydrogen) atoms. The Labute approximate surface area is 254 Å². The first-order valence-corrected chi connectivity index (χ1v) is 13.5. The second-order valence-corrected chi connectivity index (χ2v) is 10.8. The van der Waals surface area contributed by atoms with Crippen molar-refractivity contribution in [1.29, 1.82) is 0 Å². The summed E-state index contributed by atoms with van der Waals surface area (Å²) in [5.74, 6) is -2.83. The van der Waals surface area contributed by atoms with Crippen LogP contribution in [0.2, 0.25) is 10.0 Å². The minimum absolute atomic E-state index is 0.0168. The Kier molecular flexibility index (Phi) is 9.45.